The topological polar surface area (TPSA) is 231 Å². The Balaban J connectivity index is 1.86. The van der Waals surface area contributed by atoms with Gasteiger partial charge in [-0.1, -0.05) is 150 Å². The average Bonchev–Trinajstić information content (AvgIpc) is 3.33. The van der Waals surface area contributed by atoms with Crippen LogP contribution in [0.15, 0.2) is 85.1 Å². The molecule has 2 aliphatic heterocycles. The SMILES string of the molecule is CC/C=C/C=C/C=C/C=C/CCCCCCCC(=O)O[C@@H](COC(=O)CCC/C=C/C/C=C/C/C=C/CCCCCCCC)CO[C@@H]1O[C@H](CO[C@@H]2O[C@H](CO)[C@H](O)C(O)C2O)[C@H](O)C(O)C1O. The van der Waals surface area contributed by atoms with Gasteiger partial charge in [-0.15, -0.1) is 0 Å². The van der Waals surface area contributed by atoms with Gasteiger partial charge in [-0.3, -0.25) is 9.59 Å². The average molecular weight is 963 g/mol. The summed E-state index contributed by atoms with van der Waals surface area (Å²) in [6.45, 7) is 2.34. The highest BCUT2D eigenvalue weighted by molar-refractivity contribution is 5.70. The maximum Gasteiger partial charge on any atom is 0.306 e. The van der Waals surface area contributed by atoms with Crippen molar-refractivity contribution in [3.05, 3.63) is 85.1 Å². The van der Waals surface area contributed by atoms with Crippen LogP contribution in [-0.2, 0) is 38.0 Å². The number of carbonyl (C=O) groups excluding carboxylic acids is 2. The zero-order valence-electron chi connectivity index (χ0n) is 40.8. The lowest BCUT2D eigenvalue weighted by Crippen LogP contribution is -2.61. The molecule has 0 spiro atoms. The number of ether oxygens (including phenoxy) is 6. The van der Waals surface area contributed by atoms with Crippen molar-refractivity contribution >= 4 is 11.9 Å². The van der Waals surface area contributed by atoms with Gasteiger partial charge in [-0.2, -0.15) is 0 Å². The van der Waals surface area contributed by atoms with Crippen LogP contribution in [0, 0.1) is 0 Å². The van der Waals surface area contributed by atoms with Gasteiger partial charge in [0.2, 0.25) is 0 Å². The second kappa shape index (κ2) is 39.4. The van der Waals surface area contributed by atoms with Crippen molar-refractivity contribution in [3.63, 3.8) is 0 Å². The van der Waals surface area contributed by atoms with Crippen molar-refractivity contribution in [3.8, 4) is 0 Å². The van der Waals surface area contributed by atoms with Crippen molar-refractivity contribution in [2.75, 3.05) is 26.4 Å². The molecule has 2 heterocycles. The van der Waals surface area contributed by atoms with Gasteiger partial charge in [0.25, 0.3) is 0 Å². The van der Waals surface area contributed by atoms with E-state index in [0.29, 0.717) is 19.3 Å². The van der Waals surface area contributed by atoms with E-state index < -0.39 is 99.3 Å². The first-order valence-corrected chi connectivity index (χ1v) is 25.2. The van der Waals surface area contributed by atoms with E-state index in [0.717, 1.165) is 57.8 Å². The number of unbranched alkanes of at least 4 members (excludes halogenated alkanes) is 12. The number of allylic oxidation sites excluding steroid dienone is 14. The molecule has 0 radical (unpaired) electrons. The monoisotopic (exact) mass is 963 g/mol. The van der Waals surface area contributed by atoms with E-state index in [2.05, 4.69) is 56.4 Å². The van der Waals surface area contributed by atoms with Crippen molar-refractivity contribution in [2.24, 2.45) is 0 Å². The summed E-state index contributed by atoms with van der Waals surface area (Å²) in [4.78, 5) is 25.7. The number of carbonyl (C=O) groups is 2. The van der Waals surface area contributed by atoms with Crippen LogP contribution in [0.1, 0.15) is 142 Å². The van der Waals surface area contributed by atoms with E-state index in [1.807, 2.05) is 42.5 Å². The molecule has 0 saturated carbocycles. The molecule has 11 atom stereocenters. The molecule has 0 amide bonds. The predicted octanol–water partition coefficient (Wildman–Crippen LogP) is 6.82. The Morgan fingerprint density at radius 2 is 1.00 bits per heavy atom. The zero-order chi connectivity index (χ0) is 49.6. The summed E-state index contributed by atoms with van der Waals surface area (Å²) in [5, 5.41) is 72.0. The predicted molar refractivity (Wildman–Crippen MR) is 261 cm³/mol. The highest BCUT2D eigenvalue weighted by Gasteiger charge is 2.47. The Hall–Kier alpha value is -3.32. The van der Waals surface area contributed by atoms with Crippen molar-refractivity contribution in [1.29, 1.82) is 0 Å². The third-order valence-electron chi connectivity index (χ3n) is 11.5. The van der Waals surface area contributed by atoms with Crippen LogP contribution in [-0.4, -0.2) is 142 Å². The summed E-state index contributed by atoms with van der Waals surface area (Å²) in [6, 6.07) is 0. The summed E-state index contributed by atoms with van der Waals surface area (Å²) in [5.74, 6) is -1.02. The number of rotatable bonds is 37. The third kappa shape index (κ3) is 27.2. The normalized spacial score (nSPS) is 26.5. The smallest absolute Gasteiger partial charge is 0.306 e. The Kier molecular flexibility index (Phi) is 35.2. The second-order valence-electron chi connectivity index (χ2n) is 17.3. The molecule has 0 bridgehead atoms. The fraction of sp³-hybridized carbons (Fsp3) is 0.698. The van der Waals surface area contributed by atoms with E-state index in [1.165, 1.54) is 38.5 Å². The van der Waals surface area contributed by atoms with Gasteiger partial charge in [-0.05, 0) is 64.2 Å². The summed E-state index contributed by atoms with van der Waals surface area (Å²) in [5.41, 5.74) is 0. The minimum Gasteiger partial charge on any atom is -0.462 e. The van der Waals surface area contributed by atoms with Gasteiger partial charge >= 0.3 is 11.9 Å². The largest absolute Gasteiger partial charge is 0.462 e. The van der Waals surface area contributed by atoms with E-state index in [1.54, 1.807) is 0 Å². The molecule has 2 aliphatic rings. The highest BCUT2D eigenvalue weighted by Crippen LogP contribution is 2.26. The standard InChI is InChI=1S/C53H86O15/c1-3-5-7-9-11-13-15-17-19-20-22-23-25-27-29-31-33-35-44(55)63-38-41(66-45(56)36-34-32-30-28-26-24-21-18-16-14-12-10-8-6-4-2)39-64-52-51(62)49(60)47(58)43(68-52)40-65-53-50(61)48(59)46(57)42(37-54)67-53/h6,8,10,12,14,16-19,21-23,27,29,41-43,46-54,57-62H,3-5,7,9,11,13,15,20,24-26,28,30-40H2,1-2H3/b8-6+,12-10+,16-14+,19-17+,21-18+,23-22+,29-27+/t41-,42+,43+,46-,47-,48?,49?,50?,51?,52+,53+/m0/s1. The van der Waals surface area contributed by atoms with Crippen LogP contribution in [0.5, 0.6) is 0 Å². The fourth-order valence-electron chi connectivity index (χ4n) is 7.30. The highest BCUT2D eigenvalue weighted by atomic mass is 16.7. The second-order valence-corrected chi connectivity index (χ2v) is 17.3. The zero-order valence-corrected chi connectivity index (χ0v) is 40.8. The Labute approximate surface area is 405 Å². The first-order valence-electron chi connectivity index (χ1n) is 25.2. The number of aliphatic hydroxyl groups is 7. The minimum atomic E-state index is -1.78. The number of aliphatic hydroxyl groups excluding tert-OH is 7. The van der Waals surface area contributed by atoms with Crippen LogP contribution in [0.3, 0.4) is 0 Å². The Bertz CT molecular complexity index is 1510. The Morgan fingerprint density at radius 3 is 1.63 bits per heavy atom. The van der Waals surface area contributed by atoms with Crippen LogP contribution in [0.25, 0.3) is 0 Å². The van der Waals surface area contributed by atoms with Gasteiger partial charge in [-0.25, -0.2) is 0 Å². The first-order chi connectivity index (χ1) is 33.0. The lowest BCUT2D eigenvalue weighted by Gasteiger charge is -2.42. The van der Waals surface area contributed by atoms with Crippen LogP contribution < -0.4 is 0 Å². The maximum atomic E-state index is 13.0. The first kappa shape index (κ1) is 60.8. The summed E-state index contributed by atoms with van der Waals surface area (Å²) in [7, 11) is 0. The van der Waals surface area contributed by atoms with Crippen LogP contribution in [0.4, 0.5) is 0 Å². The van der Waals surface area contributed by atoms with Crippen molar-refractivity contribution in [1.82, 2.24) is 0 Å². The molecule has 15 heteroatoms. The quantitative estimate of drug-likeness (QED) is 0.0147. The molecule has 15 nitrogen and oxygen atoms in total. The molecule has 4 unspecified atom stereocenters. The van der Waals surface area contributed by atoms with Gasteiger partial charge in [0.15, 0.2) is 18.7 Å². The van der Waals surface area contributed by atoms with Gasteiger partial charge < -0.3 is 64.2 Å². The van der Waals surface area contributed by atoms with Crippen molar-refractivity contribution in [2.45, 2.75) is 210 Å². The molecule has 2 saturated heterocycles. The summed E-state index contributed by atoms with van der Waals surface area (Å²) >= 11 is 0. The summed E-state index contributed by atoms with van der Waals surface area (Å²) < 4.78 is 33.5. The molecule has 0 aromatic heterocycles. The summed E-state index contributed by atoms with van der Waals surface area (Å²) in [6.07, 6.45) is 30.5. The molecule has 2 fully saturated rings. The molecular weight excluding hydrogens is 877 g/mol. The molecule has 2 rings (SSSR count). The molecule has 7 N–H and O–H groups in total. The lowest BCUT2D eigenvalue weighted by molar-refractivity contribution is -0.332. The van der Waals surface area contributed by atoms with E-state index in [-0.39, 0.29) is 19.4 Å². The molecule has 0 aromatic carbocycles. The molecule has 0 aliphatic carbocycles. The lowest BCUT2D eigenvalue weighted by atomic mass is 9.98. The van der Waals surface area contributed by atoms with E-state index in [9.17, 15) is 45.3 Å². The number of esters is 2. The maximum absolute atomic E-state index is 13.0. The van der Waals surface area contributed by atoms with Gasteiger partial charge in [0.05, 0.1) is 19.8 Å². The fourth-order valence-corrected chi connectivity index (χ4v) is 7.30. The molecule has 0 aromatic rings. The van der Waals surface area contributed by atoms with E-state index in [4.69, 9.17) is 28.4 Å². The Morgan fingerprint density at radius 1 is 0.500 bits per heavy atom. The molecule has 388 valence electrons. The third-order valence-corrected chi connectivity index (χ3v) is 11.5. The van der Waals surface area contributed by atoms with E-state index >= 15 is 0 Å². The van der Waals surface area contributed by atoms with Gasteiger partial charge in [0.1, 0.15) is 55.4 Å². The van der Waals surface area contributed by atoms with Crippen LogP contribution >= 0.6 is 0 Å². The number of hydrogen-bond acceptors (Lipinski definition) is 15. The molecular formula is C53H86O15. The van der Waals surface area contributed by atoms with Gasteiger partial charge in [0, 0.05) is 12.8 Å². The van der Waals surface area contributed by atoms with Crippen molar-refractivity contribution < 1.29 is 73.8 Å². The minimum absolute atomic E-state index is 0.123. The van der Waals surface area contributed by atoms with Crippen LogP contribution in [0.2, 0.25) is 0 Å². The molecule has 68 heavy (non-hydrogen) atoms. The number of hydrogen-bond donors (Lipinski definition) is 7.